The standard InChI is InChI=1S/C27H28F6N2O3/c1-15-5-4-6-16(2)22(15)35-14-25(17(3)23(35)36,18-7-9-38-10-8-18)24(37)34-21-12-19(26(28,29)30)11-20(13-21)27(31,32)33/h4-6,11-13,17-18H,7-10,14H2,1-3H3,(H,34,37)/t17-,25+/m0/s1. The first kappa shape index (κ1) is 27.9. The van der Waals surface area contributed by atoms with Gasteiger partial charge in [0.1, 0.15) is 0 Å². The number of anilines is 2. The van der Waals surface area contributed by atoms with Crippen molar-refractivity contribution in [3.63, 3.8) is 0 Å². The molecule has 2 aromatic rings. The molecule has 1 N–H and O–H groups in total. The lowest BCUT2D eigenvalue weighted by Gasteiger charge is -2.40. The van der Waals surface area contributed by atoms with Crippen LogP contribution in [-0.2, 0) is 26.7 Å². The van der Waals surface area contributed by atoms with E-state index < -0.39 is 46.4 Å². The molecule has 0 aliphatic carbocycles. The highest BCUT2D eigenvalue weighted by Gasteiger charge is 2.59. The Bertz CT molecular complexity index is 1180. The fourth-order valence-corrected chi connectivity index (χ4v) is 5.77. The zero-order valence-electron chi connectivity index (χ0n) is 21.1. The van der Waals surface area contributed by atoms with Gasteiger partial charge in [-0.25, -0.2) is 0 Å². The molecule has 5 nitrogen and oxygen atoms in total. The molecule has 0 aromatic heterocycles. The number of alkyl halides is 6. The maximum Gasteiger partial charge on any atom is 0.416 e. The van der Waals surface area contributed by atoms with Crippen molar-refractivity contribution in [2.24, 2.45) is 17.3 Å². The fourth-order valence-electron chi connectivity index (χ4n) is 5.77. The molecular weight excluding hydrogens is 514 g/mol. The number of aryl methyl sites for hydroxylation is 2. The highest BCUT2D eigenvalue weighted by atomic mass is 19.4. The average molecular weight is 543 g/mol. The van der Waals surface area contributed by atoms with Crippen LogP contribution in [0.25, 0.3) is 0 Å². The van der Waals surface area contributed by atoms with Gasteiger partial charge in [-0.05, 0) is 61.9 Å². The molecule has 0 radical (unpaired) electrons. The van der Waals surface area contributed by atoms with E-state index in [1.807, 2.05) is 32.0 Å². The van der Waals surface area contributed by atoms with E-state index in [-0.39, 0.29) is 24.4 Å². The van der Waals surface area contributed by atoms with E-state index in [0.717, 1.165) is 11.1 Å². The van der Waals surface area contributed by atoms with Gasteiger partial charge < -0.3 is 15.0 Å². The summed E-state index contributed by atoms with van der Waals surface area (Å²) in [7, 11) is 0. The molecule has 2 aromatic carbocycles. The zero-order valence-corrected chi connectivity index (χ0v) is 21.1. The first-order valence-corrected chi connectivity index (χ1v) is 12.2. The van der Waals surface area contributed by atoms with Crippen molar-refractivity contribution < 1.29 is 40.7 Å². The number of rotatable bonds is 4. The number of para-hydroxylation sites is 1. The van der Waals surface area contributed by atoms with Gasteiger partial charge in [0.25, 0.3) is 0 Å². The summed E-state index contributed by atoms with van der Waals surface area (Å²) in [6.07, 6.45) is -9.28. The molecule has 2 atom stereocenters. The van der Waals surface area contributed by atoms with Crippen LogP contribution in [-0.4, -0.2) is 31.6 Å². The topological polar surface area (TPSA) is 58.6 Å². The molecule has 38 heavy (non-hydrogen) atoms. The second-order valence-electron chi connectivity index (χ2n) is 10.1. The number of nitrogens with one attached hydrogen (secondary N) is 1. The smallest absolute Gasteiger partial charge is 0.381 e. The van der Waals surface area contributed by atoms with Gasteiger partial charge in [0.15, 0.2) is 0 Å². The summed E-state index contributed by atoms with van der Waals surface area (Å²) in [4.78, 5) is 29.1. The van der Waals surface area contributed by atoms with E-state index in [1.54, 1.807) is 6.92 Å². The predicted molar refractivity (Wildman–Crippen MR) is 128 cm³/mol. The lowest BCUT2D eigenvalue weighted by Crippen LogP contribution is -2.50. The maximum atomic E-state index is 14.0. The van der Waals surface area contributed by atoms with Crippen LogP contribution in [0.4, 0.5) is 37.7 Å². The second-order valence-corrected chi connectivity index (χ2v) is 10.1. The van der Waals surface area contributed by atoms with Gasteiger partial charge in [-0.15, -0.1) is 0 Å². The van der Waals surface area contributed by atoms with Crippen LogP contribution in [0, 0.1) is 31.1 Å². The second kappa shape index (κ2) is 9.91. The summed E-state index contributed by atoms with van der Waals surface area (Å²) in [5, 5.41) is 2.34. The molecule has 2 heterocycles. The van der Waals surface area contributed by atoms with Gasteiger partial charge in [-0.2, -0.15) is 26.3 Å². The first-order chi connectivity index (χ1) is 17.7. The van der Waals surface area contributed by atoms with Crippen molar-refractivity contribution in [2.75, 3.05) is 30.0 Å². The number of amides is 2. The van der Waals surface area contributed by atoms with Crippen molar-refractivity contribution in [1.29, 1.82) is 0 Å². The SMILES string of the molecule is Cc1cccc(C)c1N1C[C@](C(=O)Nc2cc(C(F)(F)F)cc(C(F)(F)F)c2)(C2CCOCC2)[C@@H](C)C1=O. The zero-order chi connectivity index (χ0) is 28.0. The van der Waals surface area contributed by atoms with E-state index in [9.17, 15) is 35.9 Å². The highest BCUT2D eigenvalue weighted by molar-refractivity contribution is 6.08. The van der Waals surface area contributed by atoms with E-state index in [0.29, 0.717) is 43.9 Å². The third-order valence-electron chi connectivity index (χ3n) is 7.76. The van der Waals surface area contributed by atoms with Crippen LogP contribution in [0.5, 0.6) is 0 Å². The summed E-state index contributed by atoms with van der Waals surface area (Å²) in [6.45, 7) is 5.85. The number of hydrogen-bond acceptors (Lipinski definition) is 3. The van der Waals surface area contributed by atoms with Crippen molar-refractivity contribution in [2.45, 2.75) is 46.0 Å². The Kier molecular flexibility index (Phi) is 7.28. The molecule has 2 fully saturated rings. The molecule has 0 unspecified atom stereocenters. The molecule has 0 bridgehead atoms. The van der Waals surface area contributed by atoms with E-state index >= 15 is 0 Å². The van der Waals surface area contributed by atoms with Crippen molar-refractivity contribution in [3.05, 3.63) is 58.7 Å². The minimum atomic E-state index is -5.06. The van der Waals surface area contributed by atoms with Gasteiger partial charge >= 0.3 is 12.4 Å². The van der Waals surface area contributed by atoms with E-state index in [4.69, 9.17) is 4.74 Å². The number of benzene rings is 2. The number of nitrogens with zero attached hydrogens (tertiary/aromatic N) is 1. The Balaban J connectivity index is 1.79. The molecular formula is C27H28F6N2O3. The quantitative estimate of drug-likeness (QED) is 0.457. The number of halogens is 6. The number of ether oxygens (including phenoxy) is 1. The summed E-state index contributed by atoms with van der Waals surface area (Å²) in [5.41, 5.74) is -2.84. The van der Waals surface area contributed by atoms with Crippen LogP contribution >= 0.6 is 0 Å². The fraction of sp³-hybridized carbons (Fsp3) is 0.481. The number of carbonyl (C=O) groups excluding carboxylic acids is 2. The third kappa shape index (κ3) is 5.00. The Morgan fingerprint density at radius 3 is 2.00 bits per heavy atom. The average Bonchev–Trinajstić information content (AvgIpc) is 3.10. The Morgan fingerprint density at radius 1 is 0.974 bits per heavy atom. The molecule has 206 valence electrons. The van der Waals surface area contributed by atoms with Gasteiger partial charge in [0.2, 0.25) is 11.8 Å². The molecule has 11 heteroatoms. The van der Waals surface area contributed by atoms with Gasteiger partial charge in [0.05, 0.1) is 22.5 Å². The molecule has 2 amide bonds. The Hall–Kier alpha value is -3.08. The van der Waals surface area contributed by atoms with Gasteiger partial charge in [-0.3, -0.25) is 9.59 Å². The van der Waals surface area contributed by atoms with E-state index in [2.05, 4.69) is 5.32 Å². The van der Waals surface area contributed by atoms with Crippen LogP contribution in [0.2, 0.25) is 0 Å². The van der Waals surface area contributed by atoms with Crippen LogP contribution in [0.3, 0.4) is 0 Å². The Morgan fingerprint density at radius 2 is 1.50 bits per heavy atom. The maximum absolute atomic E-state index is 14.0. The summed E-state index contributed by atoms with van der Waals surface area (Å²) < 4.78 is 86.0. The van der Waals surface area contributed by atoms with Crippen molar-refractivity contribution >= 4 is 23.2 Å². The summed E-state index contributed by atoms with van der Waals surface area (Å²) in [6, 6.07) is 6.47. The molecule has 2 aliphatic rings. The summed E-state index contributed by atoms with van der Waals surface area (Å²) >= 11 is 0. The van der Waals surface area contributed by atoms with Crippen LogP contribution in [0.1, 0.15) is 42.0 Å². The Labute approximate surface area is 216 Å². The van der Waals surface area contributed by atoms with Crippen LogP contribution in [0.15, 0.2) is 36.4 Å². The molecule has 2 aliphatic heterocycles. The normalized spacial score (nSPS) is 23.1. The molecule has 0 spiro atoms. The lowest BCUT2D eigenvalue weighted by atomic mass is 9.65. The van der Waals surface area contributed by atoms with Crippen LogP contribution < -0.4 is 10.2 Å². The minimum absolute atomic E-state index is 0.00824. The molecule has 4 rings (SSSR count). The van der Waals surface area contributed by atoms with Gasteiger partial charge in [0, 0.05) is 31.1 Å². The third-order valence-corrected chi connectivity index (χ3v) is 7.76. The first-order valence-electron chi connectivity index (χ1n) is 12.2. The largest absolute Gasteiger partial charge is 0.416 e. The molecule has 0 saturated carbocycles. The predicted octanol–water partition coefficient (Wildman–Crippen LogP) is 6.38. The lowest BCUT2D eigenvalue weighted by molar-refractivity contribution is -0.143. The highest BCUT2D eigenvalue weighted by Crippen LogP contribution is 2.50. The molecule has 2 saturated heterocycles. The van der Waals surface area contributed by atoms with Crippen molar-refractivity contribution in [1.82, 2.24) is 0 Å². The number of carbonyl (C=O) groups is 2. The minimum Gasteiger partial charge on any atom is -0.381 e. The summed E-state index contributed by atoms with van der Waals surface area (Å²) in [5.74, 6) is -2.37. The number of hydrogen-bond donors (Lipinski definition) is 1. The van der Waals surface area contributed by atoms with Gasteiger partial charge in [-0.1, -0.05) is 25.1 Å². The van der Waals surface area contributed by atoms with Crippen molar-refractivity contribution in [3.8, 4) is 0 Å². The monoisotopic (exact) mass is 542 g/mol. The van der Waals surface area contributed by atoms with E-state index in [1.165, 1.54) is 4.90 Å².